The number of halogens is 1. The predicted molar refractivity (Wildman–Crippen MR) is 111 cm³/mol. The summed E-state index contributed by atoms with van der Waals surface area (Å²) in [6.45, 7) is 2.04. The van der Waals surface area contributed by atoms with Crippen LogP contribution in [0.5, 0.6) is 0 Å². The second-order valence-corrected chi connectivity index (χ2v) is 7.72. The minimum absolute atomic E-state index is 0.268. The minimum Gasteiger partial charge on any atom is -0.298 e. The number of benzene rings is 2. The monoisotopic (exact) mass is 400 g/mol. The molecule has 0 saturated heterocycles. The smallest absolute Gasteiger partial charge is 0.145 e. The molecule has 0 saturated carbocycles. The van der Waals surface area contributed by atoms with Gasteiger partial charge < -0.3 is 0 Å². The SMILES string of the molecule is Cc1ccc(Sc2ccc3c(n2)c(C#N)c(C#N)n3-c2ccc(Cl)cc2)cc1. The van der Waals surface area contributed by atoms with Crippen LogP contribution in [0.15, 0.2) is 70.6 Å². The van der Waals surface area contributed by atoms with Gasteiger partial charge in [0, 0.05) is 15.6 Å². The van der Waals surface area contributed by atoms with E-state index in [4.69, 9.17) is 11.6 Å². The van der Waals surface area contributed by atoms with Crippen LogP contribution >= 0.6 is 23.4 Å². The first-order valence-corrected chi connectivity index (χ1v) is 9.66. The topological polar surface area (TPSA) is 65.4 Å². The molecular weight excluding hydrogens is 388 g/mol. The fourth-order valence-electron chi connectivity index (χ4n) is 3.00. The highest BCUT2D eigenvalue weighted by molar-refractivity contribution is 7.99. The van der Waals surface area contributed by atoms with E-state index in [2.05, 4.69) is 17.1 Å². The Morgan fingerprint density at radius 2 is 1.64 bits per heavy atom. The molecule has 2 aromatic heterocycles. The summed E-state index contributed by atoms with van der Waals surface area (Å²) in [7, 11) is 0. The molecule has 28 heavy (non-hydrogen) atoms. The number of aromatic nitrogens is 2. The summed E-state index contributed by atoms with van der Waals surface area (Å²) in [5.74, 6) is 0. The number of fused-ring (bicyclic) bond motifs is 1. The van der Waals surface area contributed by atoms with Crippen LogP contribution in [0, 0.1) is 29.6 Å². The maximum Gasteiger partial charge on any atom is 0.145 e. The fraction of sp³-hybridized carbons (Fsp3) is 0.0455. The van der Waals surface area contributed by atoms with E-state index in [1.165, 1.54) is 17.3 Å². The summed E-state index contributed by atoms with van der Waals surface area (Å²) < 4.78 is 1.75. The Hall–Kier alpha value is -3.25. The fourth-order valence-corrected chi connectivity index (χ4v) is 3.91. The Bertz CT molecular complexity index is 1260. The Morgan fingerprint density at radius 1 is 0.929 bits per heavy atom. The highest BCUT2D eigenvalue weighted by Gasteiger charge is 2.20. The van der Waals surface area contributed by atoms with Crippen molar-refractivity contribution in [2.75, 3.05) is 0 Å². The summed E-state index contributed by atoms with van der Waals surface area (Å²) in [4.78, 5) is 5.74. The van der Waals surface area contributed by atoms with Crippen LogP contribution in [0.4, 0.5) is 0 Å². The van der Waals surface area contributed by atoms with E-state index in [-0.39, 0.29) is 11.3 Å². The van der Waals surface area contributed by atoms with Crippen LogP contribution < -0.4 is 0 Å². The van der Waals surface area contributed by atoms with Gasteiger partial charge in [0.2, 0.25) is 0 Å². The molecule has 0 unspecified atom stereocenters. The summed E-state index contributed by atoms with van der Waals surface area (Å²) in [5.41, 5.74) is 3.73. The first-order valence-electron chi connectivity index (χ1n) is 8.47. The first kappa shape index (κ1) is 18.1. The number of aryl methyl sites for hydroxylation is 1. The van der Waals surface area contributed by atoms with Crippen molar-refractivity contribution in [2.45, 2.75) is 16.8 Å². The standard InChI is InChI=1S/C22H13ClN4S/c1-14-2-8-17(9-3-14)28-21-11-10-19-22(26-21)18(12-24)20(13-25)27(19)16-6-4-15(23)5-7-16/h2-11H,1H3. The van der Waals surface area contributed by atoms with Gasteiger partial charge >= 0.3 is 0 Å². The van der Waals surface area contributed by atoms with E-state index in [1.54, 1.807) is 16.7 Å². The molecule has 134 valence electrons. The van der Waals surface area contributed by atoms with Gasteiger partial charge in [0.05, 0.1) is 5.52 Å². The van der Waals surface area contributed by atoms with Crippen molar-refractivity contribution < 1.29 is 0 Å². The number of hydrogen-bond donors (Lipinski definition) is 0. The van der Waals surface area contributed by atoms with Gasteiger partial charge in [0.1, 0.15) is 33.9 Å². The van der Waals surface area contributed by atoms with Crippen molar-refractivity contribution in [3.63, 3.8) is 0 Å². The zero-order valence-electron chi connectivity index (χ0n) is 14.8. The van der Waals surface area contributed by atoms with Gasteiger partial charge in [-0.05, 0) is 55.5 Å². The number of hydrogen-bond acceptors (Lipinski definition) is 4. The van der Waals surface area contributed by atoms with E-state index in [1.807, 2.05) is 55.5 Å². The van der Waals surface area contributed by atoms with E-state index in [9.17, 15) is 10.5 Å². The highest BCUT2D eigenvalue weighted by Crippen LogP contribution is 2.32. The number of nitriles is 2. The van der Waals surface area contributed by atoms with E-state index in [0.29, 0.717) is 16.1 Å². The quantitative estimate of drug-likeness (QED) is 0.430. The lowest BCUT2D eigenvalue weighted by atomic mass is 10.2. The summed E-state index contributed by atoms with van der Waals surface area (Å²) in [6, 6.07) is 23.4. The second kappa shape index (κ2) is 7.40. The van der Waals surface area contributed by atoms with E-state index >= 15 is 0 Å². The van der Waals surface area contributed by atoms with Gasteiger partial charge in [-0.2, -0.15) is 10.5 Å². The molecule has 0 bridgehead atoms. The zero-order chi connectivity index (χ0) is 19.7. The molecule has 0 N–H and O–H groups in total. The Morgan fingerprint density at radius 3 is 2.29 bits per heavy atom. The Labute approximate surface area is 171 Å². The van der Waals surface area contributed by atoms with Gasteiger partial charge in [-0.15, -0.1) is 0 Å². The Kier molecular flexibility index (Phi) is 4.79. The molecule has 4 nitrogen and oxygen atoms in total. The number of pyridine rings is 1. The normalized spacial score (nSPS) is 10.6. The zero-order valence-corrected chi connectivity index (χ0v) is 16.4. The second-order valence-electron chi connectivity index (χ2n) is 6.19. The predicted octanol–water partition coefficient (Wildman–Crippen LogP) is 5.88. The summed E-state index contributed by atoms with van der Waals surface area (Å²) in [5, 5.41) is 20.8. The molecule has 0 aliphatic carbocycles. The average Bonchev–Trinajstić information content (AvgIpc) is 3.03. The number of nitrogens with zero attached hydrogens (tertiary/aromatic N) is 4. The van der Waals surface area contributed by atoms with Gasteiger partial charge in [0.15, 0.2) is 0 Å². The molecule has 0 spiro atoms. The molecule has 0 radical (unpaired) electrons. The maximum absolute atomic E-state index is 9.70. The van der Waals surface area contributed by atoms with E-state index < -0.39 is 0 Å². The van der Waals surface area contributed by atoms with Crippen molar-refractivity contribution in [2.24, 2.45) is 0 Å². The molecule has 4 aromatic rings. The van der Waals surface area contributed by atoms with Crippen molar-refractivity contribution in [1.29, 1.82) is 10.5 Å². The van der Waals surface area contributed by atoms with Crippen LogP contribution in [0.3, 0.4) is 0 Å². The minimum atomic E-state index is 0.268. The molecule has 2 heterocycles. The average molecular weight is 401 g/mol. The summed E-state index contributed by atoms with van der Waals surface area (Å²) in [6.07, 6.45) is 0. The van der Waals surface area contributed by atoms with Crippen LogP contribution in [0.25, 0.3) is 16.7 Å². The molecule has 0 aliphatic rings. The molecule has 4 rings (SSSR count). The van der Waals surface area contributed by atoms with Gasteiger partial charge in [0.25, 0.3) is 0 Å². The molecular formula is C22H13ClN4S. The molecule has 0 fully saturated rings. The van der Waals surface area contributed by atoms with Crippen molar-refractivity contribution in [3.05, 3.63) is 82.5 Å². The lowest BCUT2D eigenvalue weighted by molar-refractivity contribution is 1.08. The first-order chi connectivity index (χ1) is 13.6. The van der Waals surface area contributed by atoms with Gasteiger partial charge in [-0.3, -0.25) is 4.57 Å². The molecule has 2 aromatic carbocycles. The lowest BCUT2D eigenvalue weighted by Crippen LogP contribution is -1.97. The van der Waals surface area contributed by atoms with Crippen molar-refractivity contribution in [3.8, 4) is 17.8 Å². The summed E-state index contributed by atoms with van der Waals surface area (Å²) >= 11 is 7.51. The molecule has 0 amide bonds. The highest BCUT2D eigenvalue weighted by atomic mass is 35.5. The Balaban J connectivity index is 1.87. The lowest BCUT2D eigenvalue weighted by Gasteiger charge is -2.07. The molecule has 0 aliphatic heterocycles. The maximum atomic E-state index is 9.70. The third-order valence-electron chi connectivity index (χ3n) is 4.33. The van der Waals surface area contributed by atoms with Gasteiger partial charge in [-0.1, -0.05) is 41.1 Å². The molecule has 0 atom stereocenters. The van der Waals surface area contributed by atoms with Crippen LogP contribution in [-0.4, -0.2) is 9.55 Å². The van der Waals surface area contributed by atoms with Crippen molar-refractivity contribution in [1.82, 2.24) is 9.55 Å². The third kappa shape index (κ3) is 3.23. The third-order valence-corrected chi connectivity index (χ3v) is 5.53. The number of rotatable bonds is 3. The molecule has 6 heteroatoms. The largest absolute Gasteiger partial charge is 0.298 e. The van der Waals surface area contributed by atoms with Crippen LogP contribution in [-0.2, 0) is 0 Å². The van der Waals surface area contributed by atoms with Crippen LogP contribution in [0.1, 0.15) is 16.8 Å². The van der Waals surface area contributed by atoms with Crippen molar-refractivity contribution >= 4 is 34.4 Å². The van der Waals surface area contributed by atoms with Crippen LogP contribution in [0.2, 0.25) is 5.02 Å². The van der Waals surface area contributed by atoms with Gasteiger partial charge in [-0.25, -0.2) is 4.98 Å². The van der Waals surface area contributed by atoms with E-state index in [0.717, 1.165) is 15.6 Å².